The molecular formula is C10H15NO5S2. The van der Waals surface area contributed by atoms with Crippen molar-refractivity contribution in [2.24, 2.45) is 0 Å². The second-order valence-electron chi connectivity index (χ2n) is 3.41. The maximum Gasteiger partial charge on any atom is 0.336 e. The maximum absolute atomic E-state index is 11.8. The predicted molar refractivity (Wildman–Crippen MR) is 67.6 cm³/mol. The van der Waals surface area contributed by atoms with E-state index in [0.717, 1.165) is 17.4 Å². The Hall–Kier alpha value is -0.960. The number of sulfonamides is 1. The fourth-order valence-corrected chi connectivity index (χ4v) is 3.44. The van der Waals surface area contributed by atoms with Gasteiger partial charge in [0.2, 0.25) is 10.0 Å². The van der Waals surface area contributed by atoms with Gasteiger partial charge in [-0.1, -0.05) is 0 Å². The number of carbonyl (C=O) groups is 1. The number of ether oxygens (including phenoxy) is 1. The SMILES string of the molecule is CCOCCCNS(=O)(=O)c1cc(C(=O)O)cs1. The Morgan fingerprint density at radius 3 is 2.83 bits per heavy atom. The lowest BCUT2D eigenvalue weighted by Crippen LogP contribution is -2.24. The van der Waals surface area contributed by atoms with Crippen LogP contribution in [0.2, 0.25) is 0 Å². The van der Waals surface area contributed by atoms with Crippen molar-refractivity contribution >= 4 is 27.3 Å². The van der Waals surface area contributed by atoms with E-state index in [1.165, 1.54) is 5.38 Å². The van der Waals surface area contributed by atoms with Crippen LogP contribution in [0, 0.1) is 0 Å². The minimum absolute atomic E-state index is 0.0105. The molecule has 0 amide bonds. The molecule has 1 aromatic heterocycles. The van der Waals surface area contributed by atoms with Gasteiger partial charge in [0.15, 0.2) is 0 Å². The fraction of sp³-hybridized carbons (Fsp3) is 0.500. The molecule has 0 aliphatic rings. The highest BCUT2D eigenvalue weighted by Gasteiger charge is 2.18. The van der Waals surface area contributed by atoms with Gasteiger partial charge in [0.25, 0.3) is 0 Å². The third-order valence-corrected chi connectivity index (χ3v) is 4.95. The number of nitrogens with one attached hydrogen (secondary N) is 1. The molecule has 0 aliphatic heterocycles. The summed E-state index contributed by atoms with van der Waals surface area (Å²) in [6.45, 7) is 3.22. The highest BCUT2D eigenvalue weighted by atomic mass is 32.2. The van der Waals surface area contributed by atoms with Crippen LogP contribution in [0.25, 0.3) is 0 Å². The molecule has 0 fully saturated rings. The summed E-state index contributed by atoms with van der Waals surface area (Å²) in [7, 11) is -3.61. The smallest absolute Gasteiger partial charge is 0.336 e. The van der Waals surface area contributed by atoms with Crippen molar-refractivity contribution in [2.45, 2.75) is 17.6 Å². The first-order chi connectivity index (χ1) is 8.47. The molecule has 18 heavy (non-hydrogen) atoms. The molecule has 0 aliphatic carbocycles. The van der Waals surface area contributed by atoms with E-state index in [0.29, 0.717) is 19.6 Å². The Balaban J connectivity index is 2.54. The van der Waals surface area contributed by atoms with Crippen LogP contribution in [0.4, 0.5) is 0 Å². The molecule has 0 radical (unpaired) electrons. The summed E-state index contributed by atoms with van der Waals surface area (Å²) in [6, 6.07) is 1.15. The van der Waals surface area contributed by atoms with Crippen LogP contribution in [0.3, 0.4) is 0 Å². The van der Waals surface area contributed by atoms with E-state index in [9.17, 15) is 13.2 Å². The quantitative estimate of drug-likeness (QED) is 0.701. The van der Waals surface area contributed by atoms with E-state index in [2.05, 4.69) is 4.72 Å². The molecule has 102 valence electrons. The number of hydrogen-bond acceptors (Lipinski definition) is 5. The minimum Gasteiger partial charge on any atom is -0.478 e. The van der Waals surface area contributed by atoms with E-state index in [4.69, 9.17) is 9.84 Å². The van der Waals surface area contributed by atoms with Gasteiger partial charge in [-0.25, -0.2) is 17.9 Å². The van der Waals surface area contributed by atoms with Gasteiger partial charge in [0.05, 0.1) is 5.56 Å². The summed E-state index contributed by atoms with van der Waals surface area (Å²) in [4.78, 5) is 10.6. The standard InChI is InChI=1S/C10H15NO5S2/c1-2-16-5-3-4-11-18(14,15)9-6-8(7-17-9)10(12)13/h6-7,11H,2-5H2,1H3,(H,12,13). The normalized spacial score (nSPS) is 11.6. The number of rotatable bonds is 8. The summed E-state index contributed by atoms with van der Waals surface area (Å²) >= 11 is 0.891. The van der Waals surface area contributed by atoms with Gasteiger partial charge in [-0.05, 0) is 19.4 Å². The minimum atomic E-state index is -3.61. The first-order valence-corrected chi connectivity index (χ1v) is 7.73. The van der Waals surface area contributed by atoms with E-state index in [-0.39, 0.29) is 16.3 Å². The molecule has 1 rings (SSSR count). The van der Waals surface area contributed by atoms with E-state index < -0.39 is 16.0 Å². The molecule has 0 spiro atoms. The van der Waals surface area contributed by atoms with E-state index >= 15 is 0 Å². The van der Waals surface area contributed by atoms with Gasteiger partial charge in [0.1, 0.15) is 4.21 Å². The number of carboxylic acids is 1. The lowest BCUT2D eigenvalue weighted by Gasteiger charge is -2.04. The zero-order valence-corrected chi connectivity index (χ0v) is 11.5. The van der Waals surface area contributed by atoms with Crippen molar-refractivity contribution in [3.63, 3.8) is 0 Å². The fourth-order valence-electron chi connectivity index (χ4n) is 1.17. The second-order valence-corrected chi connectivity index (χ2v) is 6.31. The van der Waals surface area contributed by atoms with Crippen molar-refractivity contribution in [3.05, 3.63) is 17.0 Å². The molecule has 1 aromatic rings. The molecule has 6 nitrogen and oxygen atoms in total. The first kappa shape index (κ1) is 15.1. The van der Waals surface area contributed by atoms with Crippen LogP contribution >= 0.6 is 11.3 Å². The topological polar surface area (TPSA) is 92.7 Å². The summed E-state index contributed by atoms with van der Waals surface area (Å²) < 4.78 is 31.0. The number of aromatic carboxylic acids is 1. The molecule has 0 bridgehead atoms. The molecule has 0 saturated heterocycles. The lowest BCUT2D eigenvalue weighted by molar-refractivity contribution is 0.0697. The molecule has 8 heteroatoms. The number of thiophene rings is 1. The van der Waals surface area contributed by atoms with Gasteiger partial charge < -0.3 is 9.84 Å². The third-order valence-electron chi connectivity index (χ3n) is 2.05. The Morgan fingerprint density at radius 2 is 2.28 bits per heavy atom. The summed E-state index contributed by atoms with van der Waals surface area (Å²) in [5.41, 5.74) is -0.0188. The van der Waals surface area contributed by atoms with Crippen molar-refractivity contribution < 1.29 is 23.1 Å². The zero-order valence-electron chi connectivity index (χ0n) is 9.88. The Kier molecular flexibility index (Phi) is 5.73. The third kappa shape index (κ3) is 4.37. The molecule has 0 unspecified atom stereocenters. The van der Waals surface area contributed by atoms with Gasteiger partial charge >= 0.3 is 5.97 Å². The van der Waals surface area contributed by atoms with Crippen LogP contribution in [-0.4, -0.2) is 39.3 Å². The molecule has 0 atom stereocenters. The number of hydrogen-bond donors (Lipinski definition) is 2. The van der Waals surface area contributed by atoms with Crippen LogP contribution in [0.1, 0.15) is 23.7 Å². The van der Waals surface area contributed by atoms with Crippen LogP contribution in [-0.2, 0) is 14.8 Å². The van der Waals surface area contributed by atoms with Gasteiger partial charge in [0, 0.05) is 25.1 Å². The molecule has 2 N–H and O–H groups in total. The summed E-state index contributed by atoms with van der Waals surface area (Å²) in [5, 5.41) is 10.0. The zero-order chi connectivity index (χ0) is 13.6. The Bertz CT molecular complexity index is 494. The predicted octanol–water partition coefficient (Wildman–Crippen LogP) is 1.15. The highest BCUT2D eigenvalue weighted by Crippen LogP contribution is 2.19. The summed E-state index contributed by atoms with van der Waals surface area (Å²) in [6.07, 6.45) is 0.574. The molecular weight excluding hydrogens is 278 g/mol. The average molecular weight is 293 g/mol. The molecule has 0 saturated carbocycles. The molecule has 1 heterocycles. The number of carboxylic acid groups (broad SMARTS) is 1. The van der Waals surface area contributed by atoms with Crippen molar-refractivity contribution in [2.75, 3.05) is 19.8 Å². The van der Waals surface area contributed by atoms with Gasteiger partial charge in [-0.3, -0.25) is 0 Å². The average Bonchev–Trinajstić information content (AvgIpc) is 2.78. The largest absolute Gasteiger partial charge is 0.478 e. The monoisotopic (exact) mass is 293 g/mol. The lowest BCUT2D eigenvalue weighted by atomic mass is 10.4. The van der Waals surface area contributed by atoms with E-state index in [1.54, 1.807) is 0 Å². The first-order valence-electron chi connectivity index (χ1n) is 5.36. The molecule has 0 aromatic carbocycles. The Labute approximate surface area is 110 Å². The van der Waals surface area contributed by atoms with Crippen LogP contribution < -0.4 is 4.72 Å². The summed E-state index contributed by atoms with van der Waals surface area (Å²) in [5.74, 6) is -1.14. The van der Waals surface area contributed by atoms with Crippen LogP contribution in [0.5, 0.6) is 0 Å². The maximum atomic E-state index is 11.8. The van der Waals surface area contributed by atoms with Crippen molar-refractivity contribution in [3.8, 4) is 0 Å². The van der Waals surface area contributed by atoms with Gasteiger partial charge in [-0.2, -0.15) is 0 Å². The highest BCUT2D eigenvalue weighted by molar-refractivity contribution is 7.91. The second kappa shape index (κ2) is 6.83. The van der Waals surface area contributed by atoms with Crippen LogP contribution in [0.15, 0.2) is 15.7 Å². The van der Waals surface area contributed by atoms with Crippen molar-refractivity contribution in [1.29, 1.82) is 0 Å². The Morgan fingerprint density at radius 1 is 1.56 bits per heavy atom. The van der Waals surface area contributed by atoms with E-state index in [1.807, 2.05) is 6.92 Å². The van der Waals surface area contributed by atoms with Gasteiger partial charge in [-0.15, -0.1) is 11.3 Å². The van der Waals surface area contributed by atoms with Crippen molar-refractivity contribution in [1.82, 2.24) is 4.72 Å².